The molecule has 0 bridgehead atoms. The second kappa shape index (κ2) is 4.68. The van der Waals surface area contributed by atoms with E-state index in [9.17, 15) is 4.79 Å². The van der Waals surface area contributed by atoms with Gasteiger partial charge in [-0.1, -0.05) is 25.1 Å². The van der Waals surface area contributed by atoms with Crippen LogP contribution < -0.4 is 11.1 Å². The smallest absolute Gasteiger partial charge is 0.237 e. The third-order valence-electron chi connectivity index (χ3n) is 3.63. The Morgan fingerprint density at radius 1 is 1.56 bits per heavy atom. The minimum absolute atomic E-state index is 0.0939. The predicted octanol–water partition coefficient (Wildman–Crippen LogP) is 1.51. The summed E-state index contributed by atoms with van der Waals surface area (Å²) in [4.78, 5) is 12.7. The van der Waals surface area contributed by atoms with Crippen LogP contribution in [-0.2, 0) is 11.8 Å². The highest BCUT2D eigenvalue weighted by atomic mass is 32.1. The third-order valence-corrected chi connectivity index (χ3v) is 4.02. The number of rotatable bonds is 3. The van der Waals surface area contributed by atoms with E-state index in [1.54, 1.807) is 10.9 Å². The van der Waals surface area contributed by atoms with Crippen LogP contribution in [0.3, 0.4) is 0 Å². The number of nitrogens with zero attached hydrogens (tertiary/aromatic N) is 2. The Morgan fingerprint density at radius 2 is 2.17 bits per heavy atom. The Hall–Kier alpha value is -1.43. The van der Waals surface area contributed by atoms with Gasteiger partial charge in [0.15, 0.2) is 0 Å². The zero-order chi connectivity index (χ0) is 13.3. The largest absolute Gasteiger partial charge is 0.392 e. The molecule has 5 nitrogen and oxygen atoms in total. The van der Waals surface area contributed by atoms with Crippen LogP contribution in [0.5, 0.6) is 0 Å². The van der Waals surface area contributed by atoms with Gasteiger partial charge in [0.2, 0.25) is 5.91 Å². The molecule has 0 saturated heterocycles. The van der Waals surface area contributed by atoms with E-state index in [0.717, 1.165) is 37.1 Å². The molecule has 98 valence electrons. The standard InChI is InChI=1S/C12H18N4OS/c1-8-9(7-16(2)15-8)14-11(17)12(10(13)18)5-3-4-6-12/h7H,3-6H2,1-2H3,(H2,13,18)(H,14,17). The predicted molar refractivity (Wildman–Crippen MR) is 74.3 cm³/mol. The van der Waals surface area contributed by atoms with Gasteiger partial charge in [0.1, 0.15) is 0 Å². The number of aromatic nitrogens is 2. The molecule has 1 aromatic heterocycles. The monoisotopic (exact) mass is 266 g/mol. The Morgan fingerprint density at radius 3 is 2.61 bits per heavy atom. The number of hydrogen-bond donors (Lipinski definition) is 2. The van der Waals surface area contributed by atoms with E-state index in [1.807, 2.05) is 14.0 Å². The van der Waals surface area contributed by atoms with E-state index >= 15 is 0 Å². The van der Waals surface area contributed by atoms with Crippen molar-refractivity contribution in [2.24, 2.45) is 18.2 Å². The van der Waals surface area contributed by atoms with Gasteiger partial charge in [-0.15, -0.1) is 0 Å². The highest BCUT2D eigenvalue weighted by Crippen LogP contribution is 2.39. The summed E-state index contributed by atoms with van der Waals surface area (Å²) in [5.74, 6) is -0.0939. The molecule has 1 amide bonds. The van der Waals surface area contributed by atoms with Gasteiger partial charge >= 0.3 is 0 Å². The zero-order valence-electron chi connectivity index (χ0n) is 10.7. The first-order valence-corrected chi connectivity index (χ1v) is 6.48. The summed E-state index contributed by atoms with van der Waals surface area (Å²) in [6.07, 6.45) is 5.27. The van der Waals surface area contributed by atoms with Crippen LogP contribution in [0.2, 0.25) is 0 Å². The van der Waals surface area contributed by atoms with Gasteiger partial charge in [-0.05, 0) is 19.8 Å². The van der Waals surface area contributed by atoms with Crippen LogP contribution in [0, 0.1) is 12.3 Å². The van der Waals surface area contributed by atoms with Gasteiger partial charge in [-0.25, -0.2) is 0 Å². The molecule has 1 saturated carbocycles. The molecular formula is C12H18N4OS. The summed E-state index contributed by atoms with van der Waals surface area (Å²) >= 11 is 5.09. The van der Waals surface area contributed by atoms with Crippen LogP contribution in [0.4, 0.5) is 5.69 Å². The molecule has 1 aromatic rings. The van der Waals surface area contributed by atoms with Gasteiger partial charge in [-0.2, -0.15) is 5.10 Å². The number of nitrogens with one attached hydrogen (secondary N) is 1. The average Bonchev–Trinajstić information content (AvgIpc) is 2.87. The Kier molecular flexibility index (Phi) is 3.38. The lowest BCUT2D eigenvalue weighted by Gasteiger charge is -2.25. The number of carbonyl (C=O) groups is 1. The Bertz CT molecular complexity index is 488. The summed E-state index contributed by atoms with van der Waals surface area (Å²) in [5.41, 5.74) is 6.63. The van der Waals surface area contributed by atoms with Gasteiger partial charge < -0.3 is 11.1 Å². The fourth-order valence-corrected chi connectivity index (χ4v) is 2.82. The maximum atomic E-state index is 12.4. The van der Waals surface area contributed by atoms with Crippen LogP contribution in [0.25, 0.3) is 0 Å². The van der Waals surface area contributed by atoms with E-state index in [0.29, 0.717) is 4.99 Å². The lowest BCUT2D eigenvalue weighted by molar-refractivity contribution is -0.122. The number of amides is 1. The summed E-state index contributed by atoms with van der Waals surface area (Å²) in [6.45, 7) is 1.86. The topological polar surface area (TPSA) is 72.9 Å². The minimum Gasteiger partial charge on any atom is -0.392 e. The third kappa shape index (κ3) is 2.12. The SMILES string of the molecule is Cc1nn(C)cc1NC(=O)C1(C(N)=S)CCCC1. The maximum absolute atomic E-state index is 12.4. The van der Waals surface area contributed by atoms with Crippen LogP contribution in [-0.4, -0.2) is 20.7 Å². The van der Waals surface area contributed by atoms with E-state index in [-0.39, 0.29) is 5.91 Å². The number of thiocarbonyl (C=S) groups is 1. The molecular weight excluding hydrogens is 248 g/mol. The van der Waals surface area contributed by atoms with E-state index in [4.69, 9.17) is 18.0 Å². The number of carbonyl (C=O) groups excluding carboxylic acids is 1. The van der Waals surface area contributed by atoms with Gasteiger partial charge in [0, 0.05) is 13.2 Å². The van der Waals surface area contributed by atoms with E-state index < -0.39 is 5.41 Å². The first kappa shape index (κ1) is 13.0. The van der Waals surface area contributed by atoms with E-state index in [2.05, 4.69) is 10.4 Å². The fraction of sp³-hybridized carbons (Fsp3) is 0.583. The molecule has 1 heterocycles. The quantitative estimate of drug-likeness (QED) is 0.813. The summed E-state index contributed by atoms with van der Waals surface area (Å²) in [7, 11) is 1.82. The Labute approximate surface area is 112 Å². The molecule has 18 heavy (non-hydrogen) atoms. The molecule has 0 spiro atoms. The molecule has 0 radical (unpaired) electrons. The second-order valence-electron chi connectivity index (χ2n) is 4.91. The van der Waals surface area contributed by atoms with Crippen molar-refractivity contribution in [2.75, 3.05) is 5.32 Å². The number of hydrogen-bond acceptors (Lipinski definition) is 3. The van der Waals surface area contributed by atoms with E-state index in [1.165, 1.54) is 0 Å². The number of aryl methyl sites for hydroxylation is 2. The number of nitrogens with two attached hydrogens (primary N) is 1. The molecule has 3 N–H and O–H groups in total. The van der Waals surface area contributed by atoms with Crippen molar-refractivity contribution in [3.63, 3.8) is 0 Å². The van der Waals surface area contributed by atoms with Crippen molar-refractivity contribution in [1.29, 1.82) is 0 Å². The summed E-state index contributed by atoms with van der Waals surface area (Å²) in [6, 6.07) is 0. The molecule has 2 rings (SSSR count). The average molecular weight is 266 g/mol. The van der Waals surface area contributed by atoms with Crippen LogP contribution >= 0.6 is 12.2 Å². The van der Waals surface area contributed by atoms with Crippen molar-refractivity contribution in [3.05, 3.63) is 11.9 Å². The molecule has 0 aliphatic heterocycles. The van der Waals surface area contributed by atoms with Crippen molar-refractivity contribution >= 4 is 28.8 Å². The lowest BCUT2D eigenvalue weighted by atomic mass is 9.85. The lowest BCUT2D eigenvalue weighted by Crippen LogP contribution is -2.44. The maximum Gasteiger partial charge on any atom is 0.237 e. The molecule has 6 heteroatoms. The molecule has 0 unspecified atom stereocenters. The van der Waals surface area contributed by atoms with Crippen molar-refractivity contribution < 1.29 is 4.79 Å². The minimum atomic E-state index is -0.669. The van der Waals surface area contributed by atoms with Crippen LogP contribution in [0.15, 0.2) is 6.20 Å². The zero-order valence-corrected chi connectivity index (χ0v) is 11.5. The van der Waals surface area contributed by atoms with Crippen molar-refractivity contribution in [3.8, 4) is 0 Å². The highest BCUT2D eigenvalue weighted by Gasteiger charge is 2.44. The first-order chi connectivity index (χ1) is 8.45. The second-order valence-corrected chi connectivity index (χ2v) is 5.35. The summed E-state index contributed by atoms with van der Waals surface area (Å²) in [5, 5.41) is 7.10. The first-order valence-electron chi connectivity index (χ1n) is 6.07. The normalized spacial score (nSPS) is 17.7. The van der Waals surface area contributed by atoms with Crippen molar-refractivity contribution in [1.82, 2.24) is 9.78 Å². The van der Waals surface area contributed by atoms with Crippen LogP contribution in [0.1, 0.15) is 31.4 Å². The molecule has 0 atom stereocenters. The Balaban J connectivity index is 2.21. The molecule has 1 aliphatic rings. The molecule has 1 fully saturated rings. The summed E-state index contributed by atoms with van der Waals surface area (Å²) < 4.78 is 1.67. The van der Waals surface area contributed by atoms with Crippen molar-refractivity contribution in [2.45, 2.75) is 32.6 Å². The van der Waals surface area contributed by atoms with Gasteiger partial charge in [0.25, 0.3) is 0 Å². The van der Waals surface area contributed by atoms with Gasteiger partial charge in [0.05, 0.1) is 21.8 Å². The molecule has 1 aliphatic carbocycles. The number of anilines is 1. The highest BCUT2D eigenvalue weighted by molar-refractivity contribution is 7.80. The molecule has 0 aromatic carbocycles. The van der Waals surface area contributed by atoms with Gasteiger partial charge in [-0.3, -0.25) is 9.48 Å². The fourth-order valence-electron chi connectivity index (χ4n) is 2.53.